The maximum absolute atomic E-state index is 6.55. The van der Waals surface area contributed by atoms with E-state index < -0.39 is 0 Å². The maximum Gasteiger partial charge on any atom is 0.197 e. The van der Waals surface area contributed by atoms with Crippen LogP contribution in [0.15, 0.2) is 72.8 Å². The van der Waals surface area contributed by atoms with Crippen molar-refractivity contribution >= 4 is 0 Å². The lowest BCUT2D eigenvalue weighted by atomic mass is 9.54. The quantitative estimate of drug-likeness (QED) is 0.0937. The van der Waals surface area contributed by atoms with E-state index in [0.717, 1.165) is 65.6 Å². The lowest BCUT2D eigenvalue weighted by Crippen LogP contribution is -2.53. The molecule has 65 heavy (non-hydrogen) atoms. The van der Waals surface area contributed by atoms with E-state index in [2.05, 4.69) is 130 Å². The zero-order chi connectivity index (χ0) is 46.4. The van der Waals surface area contributed by atoms with Gasteiger partial charge in [0.2, 0.25) is 0 Å². The van der Waals surface area contributed by atoms with E-state index in [9.17, 15) is 0 Å². The first-order valence-electron chi connectivity index (χ1n) is 26.2. The van der Waals surface area contributed by atoms with Crippen molar-refractivity contribution in [3.05, 3.63) is 89.5 Å². The molecule has 360 valence electrons. The van der Waals surface area contributed by atoms with Crippen molar-refractivity contribution in [3.8, 4) is 17.2 Å². The van der Waals surface area contributed by atoms with Crippen LogP contribution < -0.4 is 14.2 Å². The molecule has 0 saturated heterocycles. The van der Waals surface area contributed by atoms with Crippen LogP contribution in [-0.2, 0) is 25.0 Å². The summed E-state index contributed by atoms with van der Waals surface area (Å²) in [5.74, 6) is 8.81. The minimum Gasteiger partial charge on any atom is -0.468 e. The van der Waals surface area contributed by atoms with E-state index in [1.165, 1.54) is 100 Å². The molecule has 8 aliphatic rings. The molecule has 0 radical (unpaired) electrons. The van der Waals surface area contributed by atoms with Gasteiger partial charge in [-0.25, -0.2) is 0 Å². The molecule has 8 aliphatic carbocycles. The van der Waals surface area contributed by atoms with E-state index in [4.69, 9.17) is 28.4 Å². The van der Waals surface area contributed by atoms with Crippen molar-refractivity contribution in [1.82, 2.24) is 0 Å². The summed E-state index contributed by atoms with van der Waals surface area (Å²) in [4.78, 5) is 0. The number of hydrogen-bond donors (Lipinski definition) is 0. The van der Waals surface area contributed by atoms with Gasteiger partial charge in [-0.3, -0.25) is 0 Å². The van der Waals surface area contributed by atoms with Crippen LogP contribution in [0.25, 0.3) is 0 Å². The molecule has 0 N–H and O–H groups in total. The second kappa shape index (κ2) is 21.5. The second-order valence-corrected chi connectivity index (χ2v) is 23.0. The molecule has 3 atom stereocenters. The fourth-order valence-corrected chi connectivity index (χ4v) is 13.2. The minimum atomic E-state index is -0.165. The molecule has 0 aliphatic heterocycles. The monoisotopic (exact) mass is 893 g/mol. The Labute approximate surface area is 395 Å². The van der Waals surface area contributed by atoms with Crippen LogP contribution in [0.1, 0.15) is 195 Å². The van der Waals surface area contributed by atoms with Gasteiger partial charge in [-0.1, -0.05) is 91.8 Å². The molecule has 8 saturated carbocycles. The van der Waals surface area contributed by atoms with Gasteiger partial charge in [-0.2, -0.15) is 0 Å². The molecule has 3 aromatic carbocycles. The summed E-state index contributed by atoms with van der Waals surface area (Å²) < 4.78 is 35.9. The predicted molar refractivity (Wildman–Crippen MR) is 266 cm³/mol. The number of hydrogen-bond acceptors (Lipinski definition) is 6. The zero-order valence-electron chi connectivity index (χ0n) is 42.6. The third kappa shape index (κ3) is 12.9. The normalized spacial score (nSPS) is 29.8. The fraction of sp³-hybridized carbons (Fsp3) is 0.695. The van der Waals surface area contributed by atoms with Crippen LogP contribution in [0.3, 0.4) is 0 Å². The molecule has 0 heterocycles. The molecule has 0 amide bonds. The van der Waals surface area contributed by atoms with Gasteiger partial charge >= 0.3 is 0 Å². The third-order valence-corrected chi connectivity index (χ3v) is 17.0. The molecule has 8 fully saturated rings. The van der Waals surface area contributed by atoms with Crippen LogP contribution >= 0.6 is 0 Å². The van der Waals surface area contributed by atoms with E-state index in [1.54, 1.807) is 0 Å². The molecule has 0 spiro atoms. The SMILES string of the molecule is CCC(C)(C)c1ccc(OC(C)OC23CC4CC(CC(C4)C2)C3)cc1.CCC(C)c1ccc(OC(C)OC23CC4CC(CC(C4)C2)C3)cc1.CCOCOc1ccc(C(C)(C)CC)cc1. The minimum absolute atomic E-state index is 0.109. The molecular formula is C59H88O6. The van der Waals surface area contributed by atoms with Gasteiger partial charge in [0.1, 0.15) is 17.2 Å². The first kappa shape index (κ1) is 49.8. The van der Waals surface area contributed by atoms with E-state index in [-0.39, 0.29) is 34.6 Å². The molecule has 3 unspecified atom stereocenters. The molecule has 0 aromatic heterocycles. The van der Waals surface area contributed by atoms with Crippen LogP contribution in [0, 0.1) is 35.5 Å². The maximum atomic E-state index is 6.55. The van der Waals surface area contributed by atoms with Gasteiger partial charge in [0, 0.05) is 6.61 Å². The van der Waals surface area contributed by atoms with Crippen molar-refractivity contribution in [2.75, 3.05) is 13.4 Å². The first-order valence-corrected chi connectivity index (χ1v) is 26.2. The van der Waals surface area contributed by atoms with Crippen molar-refractivity contribution < 1.29 is 28.4 Å². The van der Waals surface area contributed by atoms with Gasteiger partial charge in [-0.15, -0.1) is 0 Å². The second-order valence-electron chi connectivity index (χ2n) is 23.0. The summed E-state index contributed by atoms with van der Waals surface area (Å²) in [5.41, 5.74) is 4.79. The summed E-state index contributed by atoms with van der Waals surface area (Å²) in [7, 11) is 0. The predicted octanol–water partition coefficient (Wildman–Crippen LogP) is 15.7. The van der Waals surface area contributed by atoms with Crippen LogP contribution in [-0.4, -0.2) is 37.2 Å². The molecular weight excluding hydrogens is 805 g/mol. The number of ether oxygens (including phenoxy) is 6. The van der Waals surface area contributed by atoms with E-state index >= 15 is 0 Å². The van der Waals surface area contributed by atoms with Crippen LogP contribution in [0.5, 0.6) is 17.2 Å². The zero-order valence-corrected chi connectivity index (χ0v) is 42.6. The highest BCUT2D eigenvalue weighted by Crippen LogP contribution is 2.58. The smallest absolute Gasteiger partial charge is 0.197 e. The number of rotatable bonds is 18. The van der Waals surface area contributed by atoms with Gasteiger partial charge < -0.3 is 28.4 Å². The molecule has 3 aromatic rings. The average Bonchev–Trinajstić information content (AvgIpc) is 3.26. The van der Waals surface area contributed by atoms with Crippen molar-refractivity contribution in [2.45, 2.75) is 213 Å². The lowest BCUT2D eigenvalue weighted by Gasteiger charge is -2.56. The lowest BCUT2D eigenvalue weighted by molar-refractivity contribution is -0.226. The van der Waals surface area contributed by atoms with Crippen molar-refractivity contribution in [2.24, 2.45) is 35.5 Å². The van der Waals surface area contributed by atoms with Crippen LogP contribution in [0.4, 0.5) is 0 Å². The summed E-state index contributed by atoms with van der Waals surface area (Å²) in [6.07, 6.45) is 19.4. The summed E-state index contributed by atoms with van der Waals surface area (Å²) >= 11 is 0. The third-order valence-electron chi connectivity index (χ3n) is 17.0. The molecule has 11 rings (SSSR count). The van der Waals surface area contributed by atoms with E-state index in [1.807, 2.05) is 19.1 Å². The van der Waals surface area contributed by atoms with Crippen molar-refractivity contribution in [1.29, 1.82) is 0 Å². The van der Waals surface area contributed by atoms with Gasteiger partial charge in [0.25, 0.3) is 0 Å². The Morgan fingerprint density at radius 3 is 1.15 bits per heavy atom. The Morgan fingerprint density at radius 2 is 0.831 bits per heavy atom. The highest BCUT2D eigenvalue weighted by Gasteiger charge is 2.53. The first-order chi connectivity index (χ1) is 31.0. The highest BCUT2D eigenvalue weighted by molar-refractivity contribution is 5.33. The summed E-state index contributed by atoms with van der Waals surface area (Å²) in [6, 6.07) is 25.5. The fourth-order valence-electron chi connectivity index (χ4n) is 13.2. The van der Waals surface area contributed by atoms with Gasteiger partial charge in [-0.05, 0) is 222 Å². The number of benzene rings is 3. The Kier molecular flexibility index (Phi) is 16.5. The van der Waals surface area contributed by atoms with Gasteiger partial charge in [0.15, 0.2) is 19.4 Å². The molecule has 6 nitrogen and oxygen atoms in total. The Bertz CT molecular complexity index is 1830. The average molecular weight is 893 g/mol. The topological polar surface area (TPSA) is 55.4 Å². The highest BCUT2D eigenvalue weighted by atomic mass is 16.7. The molecule has 6 heteroatoms. The Hall–Kier alpha value is -3.06. The summed E-state index contributed by atoms with van der Waals surface area (Å²) in [6.45, 7) is 25.2. The van der Waals surface area contributed by atoms with Gasteiger partial charge in [0.05, 0.1) is 11.2 Å². The largest absolute Gasteiger partial charge is 0.468 e. The molecule has 8 bridgehead atoms. The summed E-state index contributed by atoms with van der Waals surface area (Å²) in [5, 5.41) is 0. The van der Waals surface area contributed by atoms with E-state index in [0.29, 0.717) is 19.3 Å². The van der Waals surface area contributed by atoms with Crippen molar-refractivity contribution in [3.63, 3.8) is 0 Å². The standard InChI is InChI=1S/C23H34O2.C22H32O2.C14H22O2/c1-5-22(3,4)20-6-8-21(9-7-20)24-16(2)25-23-13-17-10-18(14-23)12-19(11-17)15-23;1-4-15(2)20-5-7-21(8-6-20)23-16(3)24-22-12-17-9-18(13-22)11-19(10-17)14-22;1-5-14(3,4)12-7-9-13(10-8-12)16-11-15-6-2/h6-9,16-19H,5,10-15H2,1-4H3;5-8,15-19H,4,9-14H2,1-3H3;7-10H,5-6,11H2,1-4H3. The van der Waals surface area contributed by atoms with Crippen LogP contribution in [0.2, 0.25) is 0 Å². The Balaban J connectivity index is 0.000000150. The Morgan fingerprint density at radius 1 is 0.492 bits per heavy atom.